The summed E-state index contributed by atoms with van der Waals surface area (Å²) >= 11 is 0. The van der Waals surface area contributed by atoms with Gasteiger partial charge < -0.3 is 20.5 Å². The average molecular weight is 266 g/mol. The zero-order valence-corrected chi connectivity index (χ0v) is 12.2. The highest BCUT2D eigenvalue weighted by Gasteiger charge is 2.14. The van der Waals surface area contributed by atoms with Crippen LogP contribution in [0.25, 0.3) is 0 Å². The highest BCUT2D eigenvalue weighted by Crippen LogP contribution is 2.17. The van der Waals surface area contributed by atoms with Crippen molar-refractivity contribution in [2.45, 2.75) is 32.4 Å². The van der Waals surface area contributed by atoms with E-state index in [0.717, 1.165) is 24.3 Å². The maximum Gasteiger partial charge on any atom is 0.123 e. The molecule has 4 nitrogen and oxygen atoms in total. The summed E-state index contributed by atoms with van der Waals surface area (Å²) in [4.78, 5) is 2.11. The van der Waals surface area contributed by atoms with Gasteiger partial charge in [-0.05, 0) is 33.4 Å². The van der Waals surface area contributed by atoms with Crippen molar-refractivity contribution in [2.24, 2.45) is 5.73 Å². The number of nitrogens with zero attached hydrogens (tertiary/aromatic N) is 1. The quantitative estimate of drug-likeness (QED) is 0.702. The van der Waals surface area contributed by atoms with E-state index < -0.39 is 5.60 Å². The zero-order valence-electron chi connectivity index (χ0n) is 12.2. The van der Waals surface area contributed by atoms with E-state index in [1.54, 1.807) is 0 Å². The number of para-hydroxylation sites is 1. The summed E-state index contributed by atoms with van der Waals surface area (Å²) in [5.41, 5.74) is 6.04. The number of aliphatic hydroxyl groups is 1. The average Bonchev–Trinajstić information content (AvgIpc) is 2.33. The Morgan fingerprint density at radius 3 is 2.63 bits per heavy atom. The molecule has 0 atom stereocenters. The van der Waals surface area contributed by atoms with Crippen LogP contribution in [0.1, 0.15) is 25.8 Å². The van der Waals surface area contributed by atoms with Crippen LogP contribution in [0, 0.1) is 0 Å². The molecule has 0 amide bonds. The first-order valence-electron chi connectivity index (χ1n) is 6.74. The molecule has 0 fully saturated rings. The summed E-state index contributed by atoms with van der Waals surface area (Å²) < 4.78 is 5.74. The van der Waals surface area contributed by atoms with Crippen LogP contribution in [0.5, 0.6) is 5.75 Å². The second-order valence-corrected chi connectivity index (χ2v) is 5.56. The SMILES string of the molecule is CN(CCCOc1ccccc1CN)CC(C)(C)O. The number of ether oxygens (including phenoxy) is 1. The minimum Gasteiger partial charge on any atom is -0.493 e. The van der Waals surface area contributed by atoms with Gasteiger partial charge in [0.2, 0.25) is 0 Å². The maximum absolute atomic E-state index is 9.70. The van der Waals surface area contributed by atoms with Gasteiger partial charge in [0.1, 0.15) is 5.75 Å². The van der Waals surface area contributed by atoms with Gasteiger partial charge in [0.15, 0.2) is 0 Å². The van der Waals surface area contributed by atoms with Gasteiger partial charge in [-0.3, -0.25) is 0 Å². The lowest BCUT2D eigenvalue weighted by Gasteiger charge is -2.25. The molecule has 0 aliphatic rings. The fourth-order valence-corrected chi connectivity index (χ4v) is 2.07. The lowest BCUT2D eigenvalue weighted by molar-refractivity contribution is 0.0433. The summed E-state index contributed by atoms with van der Waals surface area (Å²) in [6.07, 6.45) is 0.922. The van der Waals surface area contributed by atoms with E-state index >= 15 is 0 Å². The van der Waals surface area contributed by atoms with Crippen molar-refractivity contribution in [1.29, 1.82) is 0 Å². The molecule has 0 aliphatic carbocycles. The van der Waals surface area contributed by atoms with Crippen LogP contribution in [0.15, 0.2) is 24.3 Å². The Morgan fingerprint density at radius 1 is 1.32 bits per heavy atom. The Hall–Kier alpha value is -1.10. The van der Waals surface area contributed by atoms with E-state index in [-0.39, 0.29) is 0 Å². The summed E-state index contributed by atoms with van der Waals surface area (Å²) in [5, 5.41) is 9.70. The summed E-state index contributed by atoms with van der Waals surface area (Å²) in [6.45, 7) is 6.35. The van der Waals surface area contributed by atoms with E-state index in [1.807, 2.05) is 45.2 Å². The van der Waals surface area contributed by atoms with Crippen LogP contribution in [0.3, 0.4) is 0 Å². The molecule has 0 bridgehead atoms. The predicted molar refractivity (Wildman–Crippen MR) is 78.2 cm³/mol. The second kappa shape index (κ2) is 7.48. The zero-order chi connectivity index (χ0) is 14.3. The van der Waals surface area contributed by atoms with Crippen molar-refractivity contribution in [3.8, 4) is 5.75 Å². The van der Waals surface area contributed by atoms with Gasteiger partial charge in [0.05, 0.1) is 12.2 Å². The van der Waals surface area contributed by atoms with Gasteiger partial charge in [0.25, 0.3) is 0 Å². The van der Waals surface area contributed by atoms with Gasteiger partial charge in [-0.2, -0.15) is 0 Å². The van der Waals surface area contributed by atoms with Crippen molar-refractivity contribution in [3.05, 3.63) is 29.8 Å². The van der Waals surface area contributed by atoms with Gasteiger partial charge in [0, 0.05) is 25.2 Å². The minimum atomic E-state index is -0.651. The predicted octanol–water partition coefficient (Wildman–Crippen LogP) is 1.62. The molecule has 0 heterocycles. The van der Waals surface area contributed by atoms with Crippen LogP contribution in [-0.4, -0.2) is 42.4 Å². The lowest BCUT2D eigenvalue weighted by atomic mass is 10.1. The first kappa shape index (κ1) is 16.0. The molecule has 0 spiro atoms. The molecule has 0 radical (unpaired) electrons. The van der Waals surface area contributed by atoms with Gasteiger partial charge in [-0.15, -0.1) is 0 Å². The molecule has 0 unspecified atom stereocenters. The molecule has 4 heteroatoms. The van der Waals surface area contributed by atoms with Gasteiger partial charge in [-0.25, -0.2) is 0 Å². The van der Waals surface area contributed by atoms with Crippen LogP contribution in [0.4, 0.5) is 0 Å². The van der Waals surface area contributed by atoms with E-state index in [1.165, 1.54) is 0 Å². The monoisotopic (exact) mass is 266 g/mol. The van der Waals surface area contributed by atoms with E-state index in [9.17, 15) is 5.11 Å². The van der Waals surface area contributed by atoms with Crippen molar-refractivity contribution >= 4 is 0 Å². The van der Waals surface area contributed by atoms with Gasteiger partial charge >= 0.3 is 0 Å². The Bertz CT molecular complexity index is 375. The van der Waals surface area contributed by atoms with Crippen LogP contribution in [-0.2, 0) is 6.54 Å². The Morgan fingerprint density at radius 2 is 2.00 bits per heavy atom. The Kier molecular flexibility index (Phi) is 6.28. The van der Waals surface area contributed by atoms with Crippen LogP contribution < -0.4 is 10.5 Å². The Balaban J connectivity index is 2.27. The molecule has 0 aliphatic heterocycles. The van der Waals surface area contributed by atoms with E-state index in [0.29, 0.717) is 19.7 Å². The molecule has 1 aromatic carbocycles. The number of hydrogen-bond acceptors (Lipinski definition) is 4. The second-order valence-electron chi connectivity index (χ2n) is 5.56. The molecule has 19 heavy (non-hydrogen) atoms. The maximum atomic E-state index is 9.70. The Labute approximate surface area is 116 Å². The topological polar surface area (TPSA) is 58.7 Å². The number of benzene rings is 1. The molecule has 0 saturated heterocycles. The molecule has 0 aromatic heterocycles. The van der Waals surface area contributed by atoms with Crippen LogP contribution in [0.2, 0.25) is 0 Å². The molecule has 3 N–H and O–H groups in total. The summed E-state index contributed by atoms with van der Waals surface area (Å²) in [5.74, 6) is 0.871. The third-order valence-electron chi connectivity index (χ3n) is 2.79. The molecule has 0 saturated carbocycles. The summed E-state index contributed by atoms with van der Waals surface area (Å²) in [6, 6.07) is 7.85. The normalized spacial score (nSPS) is 11.9. The number of likely N-dealkylation sites (N-methyl/N-ethyl adjacent to an activating group) is 1. The minimum absolute atomic E-state index is 0.495. The van der Waals surface area contributed by atoms with E-state index in [4.69, 9.17) is 10.5 Å². The lowest BCUT2D eigenvalue weighted by Crippen LogP contribution is -2.37. The number of rotatable bonds is 8. The van der Waals surface area contributed by atoms with Crippen molar-refractivity contribution in [3.63, 3.8) is 0 Å². The van der Waals surface area contributed by atoms with E-state index in [2.05, 4.69) is 4.90 Å². The van der Waals surface area contributed by atoms with Crippen molar-refractivity contribution < 1.29 is 9.84 Å². The standard InChI is InChI=1S/C15H26N2O2/c1-15(2,18)12-17(3)9-6-10-19-14-8-5-4-7-13(14)11-16/h4-5,7-8,18H,6,9-12,16H2,1-3H3. The van der Waals surface area contributed by atoms with Crippen molar-refractivity contribution in [2.75, 3.05) is 26.7 Å². The fraction of sp³-hybridized carbons (Fsp3) is 0.600. The molecular formula is C15H26N2O2. The fourth-order valence-electron chi connectivity index (χ4n) is 2.07. The number of nitrogens with two attached hydrogens (primary N) is 1. The highest BCUT2D eigenvalue weighted by molar-refractivity contribution is 5.32. The van der Waals surface area contributed by atoms with Crippen molar-refractivity contribution in [1.82, 2.24) is 4.90 Å². The number of hydrogen-bond donors (Lipinski definition) is 2. The summed E-state index contributed by atoms with van der Waals surface area (Å²) in [7, 11) is 2.01. The van der Waals surface area contributed by atoms with Gasteiger partial charge in [-0.1, -0.05) is 18.2 Å². The molecule has 1 aromatic rings. The molecule has 1 rings (SSSR count). The molecule has 108 valence electrons. The molecular weight excluding hydrogens is 240 g/mol. The first-order chi connectivity index (χ1) is 8.92. The smallest absolute Gasteiger partial charge is 0.123 e. The highest BCUT2D eigenvalue weighted by atomic mass is 16.5. The van der Waals surface area contributed by atoms with Crippen LogP contribution >= 0.6 is 0 Å². The third-order valence-corrected chi connectivity index (χ3v) is 2.79. The largest absolute Gasteiger partial charge is 0.493 e. The third kappa shape index (κ3) is 6.57. The first-order valence-corrected chi connectivity index (χ1v) is 6.74.